The molecule has 2 aromatic heterocycles. The Morgan fingerprint density at radius 2 is 2.27 bits per heavy atom. The van der Waals surface area contributed by atoms with Crippen LogP contribution >= 0.6 is 34.2 Å². The summed E-state index contributed by atoms with van der Waals surface area (Å²) in [7, 11) is 0. The molecule has 0 radical (unpaired) electrons. The smallest absolute Gasteiger partial charge is 0.132 e. The molecule has 3 nitrogen and oxygen atoms in total. The van der Waals surface area contributed by atoms with E-state index in [1.807, 2.05) is 10.7 Å². The van der Waals surface area contributed by atoms with Gasteiger partial charge < -0.3 is 0 Å². The third kappa shape index (κ3) is 2.25. The van der Waals surface area contributed by atoms with E-state index in [0.29, 0.717) is 11.1 Å². The van der Waals surface area contributed by atoms with E-state index in [-0.39, 0.29) is 0 Å². The molecule has 0 bridgehead atoms. The summed E-state index contributed by atoms with van der Waals surface area (Å²) >= 11 is 8.10. The Balaban J connectivity index is 2.59. The van der Waals surface area contributed by atoms with Gasteiger partial charge >= 0.3 is 0 Å². The number of pyridine rings is 1. The third-order valence-corrected chi connectivity index (χ3v) is 3.10. The molecule has 0 aliphatic heterocycles. The molecule has 0 amide bonds. The first kappa shape index (κ1) is 11.1. The fourth-order valence-electron chi connectivity index (χ4n) is 1.49. The van der Waals surface area contributed by atoms with E-state index in [0.717, 1.165) is 21.1 Å². The van der Waals surface area contributed by atoms with Gasteiger partial charge in [0.25, 0.3) is 0 Å². The minimum absolute atomic E-state index is 0.517. The summed E-state index contributed by atoms with van der Waals surface area (Å²) in [6, 6.07) is 1.87. The summed E-state index contributed by atoms with van der Waals surface area (Å²) in [4.78, 5) is 4.07. The molecular formula is C10H11ClIN3. The second kappa shape index (κ2) is 4.25. The largest absolute Gasteiger partial charge is 0.263 e. The molecule has 0 aromatic carbocycles. The Morgan fingerprint density at radius 3 is 2.93 bits per heavy atom. The highest BCUT2D eigenvalue weighted by Crippen LogP contribution is 2.22. The molecule has 0 unspecified atom stereocenters. The summed E-state index contributed by atoms with van der Waals surface area (Å²) in [5, 5.41) is 6.06. The zero-order chi connectivity index (χ0) is 11.0. The van der Waals surface area contributed by atoms with Crippen LogP contribution < -0.4 is 0 Å². The Hall–Kier alpha value is -0.360. The second-order valence-corrected chi connectivity index (χ2v) is 5.30. The summed E-state index contributed by atoms with van der Waals surface area (Å²) in [5.74, 6) is 0.566. The van der Waals surface area contributed by atoms with Crippen LogP contribution in [0.2, 0.25) is 5.15 Å². The first-order valence-corrected chi connectivity index (χ1v) is 6.21. The zero-order valence-corrected chi connectivity index (χ0v) is 11.5. The molecule has 0 aliphatic rings. The predicted molar refractivity (Wildman–Crippen MR) is 70.1 cm³/mol. The van der Waals surface area contributed by atoms with Crippen molar-refractivity contribution >= 4 is 45.1 Å². The summed E-state index contributed by atoms with van der Waals surface area (Å²) < 4.78 is 2.97. The third-order valence-electron chi connectivity index (χ3n) is 2.10. The van der Waals surface area contributed by atoms with Gasteiger partial charge in [-0.25, -0.2) is 4.98 Å². The summed E-state index contributed by atoms with van der Waals surface area (Å²) in [5.41, 5.74) is 1.06. The molecule has 80 valence electrons. The molecule has 0 saturated heterocycles. The molecule has 2 heterocycles. The van der Waals surface area contributed by atoms with Crippen LogP contribution in [-0.4, -0.2) is 14.8 Å². The van der Waals surface area contributed by atoms with Gasteiger partial charge in [0.1, 0.15) is 8.85 Å². The average Bonchev–Trinajstić information content (AvgIpc) is 2.42. The van der Waals surface area contributed by atoms with Crippen molar-refractivity contribution in [2.45, 2.75) is 20.4 Å². The lowest BCUT2D eigenvalue weighted by atomic mass is 10.2. The molecule has 2 rings (SSSR count). The monoisotopic (exact) mass is 335 g/mol. The van der Waals surface area contributed by atoms with Gasteiger partial charge in [-0.15, -0.1) is 0 Å². The van der Waals surface area contributed by atoms with Crippen molar-refractivity contribution in [3.8, 4) is 0 Å². The fourth-order valence-corrected chi connectivity index (χ4v) is 2.32. The van der Waals surface area contributed by atoms with Crippen LogP contribution in [0.25, 0.3) is 10.9 Å². The van der Waals surface area contributed by atoms with Gasteiger partial charge in [-0.1, -0.05) is 25.4 Å². The summed E-state index contributed by atoms with van der Waals surface area (Å²) in [6.07, 6.45) is 1.78. The van der Waals surface area contributed by atoms with Crippen molar-refractivity contribution in [3.05, 3.63) is 21.1 Å². The second-order valence-electron chi connectivity index (χ2n) is 3.89. The van der Waals surface area contributed by atoms with Gasteiger partial charge in [0.15, 0.2) is 0 Å². The molecular weight excluding hydrogens is 324 g/mol. The molecule has 0 spiro atoms. The van der Waals surface area contributed by atoms with Crippen molar-refractivity contribution in [1.29, 1.82) is 0 Å². The maximum absolute atomic E-state index is 5.88. The van der Waals surface area contributed by atoms with Crippen LogP contribution in [-0.2, 0) is 6.54 Å². The fraction of sp³-hybridized carbons (Fsp3) is 0.400. The van der Waals surface area contributed by atoms with Gasteiger partial charge in [-0.2, -0.15) is 5.10 Å². The normalized spacial score (nSPS) is 11.5. The number of hydrogen-bond donors (Lipinski definition) is 0. The first-order valence-electron chi connectivity index (χ1n) is 4.75. The Morgan fingerprint density at radius 1 is 1.53 bits per heavy atom. The molecule has 0 atom stereocenters. The standard InChI is InChI=1S/C10H11ClIN3/c1-6(2)5-15-8-3-9(11)13-4-7(8)10(12)14-15/h3-4,6H,5H2,1-2H3. The van der Waals surface area contributed by atoms with Crippen LogP contribution in [0.1, 0.15) is 13.8 Å². The van der Waals surface area contributed by atoms with Crippen LogP contribution in [0.15, 0.2) is 12.3 Å². The lowest BCUT2D eigenvalue weighted by molar-refractivity contribution is 0.493. The van der Waals surface area contributed by atoms with Gasteiger partial charge in [-0.3, -0.25) is 4.68 Å². The quantitative estimate of drug-likeness (QED) is 0.622. The zero-order valence-electron chi connectivity index (χ0n) is 8.54. The lowest BCUT2D eigenvalue weighted by Gasteiger charge is -2.05. The Labute approximate surface area is 107 Å². The van der Waals surface area contributed by atoms with Crippen LogP contribution in [0.5, 0.6) is 0 Å². The minimum atomic E-state index is 0.517. The van der Waals surface area contributed by atoms with Crippen LogP contribution in [0, 0.1) is 9.62 Å². The number of aromatic nitrogens is 3. The SMILES string of the molecule is CC(C)Cn1nc(I)c2cnc(Cl)cc21. The van der Waals surface area contributed by atoms with Crippen molar-refractivity contribution in [2.24, 2.45) is 5.92 Å². The van der Waals surface area contributed by atoms with E-state index in [2.05, 4.69) is 46.5 Å². The first-order chi connectivity index (χ1) is 7.08. The minimum Gasteiger partial charge on any atom is -0.263 e. The maximum Gasteiger partial charge on any atom is 0.132 e. The topological polar surface area (TPSA) is 30.7 Å². The molecule has 2 aromatic rings. The van der Waals surface area contributed by atoms with Gasteiger partial charge in [0, 0.05) is 18.8 Å². The Kier molecular flexibility index (Phi) is 3.16. The van der Waals surface area contributed by atoms with E-state index < -0.39 is 0 Å². The maximum atomic E-state index is 5.88. The van der Waals surface area contributed by atoms with Crippen LogP contribution in [0.4, 0.5) is 0 Å². The van der Waals surface area contributed by atoms with Gasteiger partial charge in [0.2, 0.25) is 0 Å². The predicted octanol–water partition coefficient (Wildman–Crippen LogP) is 3.35. The molecule has 0 saturated carbocycles. The highest BCUT2D eigenvalue weighted by atomic mass is 127. The molecule has 5 heteroatoms. The van der Waals surface area contributed by atoms with E-state index in [9.17, 15) is 0 Å². The van der Waals surface area contributed by atoms with Crippen molar-refractivity contribution in [2.75, 3.05) is 0 Å². The lowest BCUT2D eigenvalue weighted by Crippen LogP contribution is -2.05. The average molecular weight is 336 g/mol. The van der Waals surface area contributed by atoms with Crippen molar-refractivity contribution < 1.29 is 0 Å². The highest BCUT2D eigenvalue weighted by Gasteiger charge is 2.10. The van der Waals surface area contributed by atoms with Gasteiger partial charge in [0.05, 0.1) is 10.9 Å². The number of halogens is 2. The van der Waals surface area contributed by atoms with E-state index in [1.165, 1.54) is 0 Å². The molecule has 15 heavy (non-hydrogen) atoms. The molecule has 0 N–H and O–H groups in total. The van der Waals surface area contributed by atoms with Gasteiger partial charge in [-0.05, 0) is 28.5 Å². The molecule has 0 fully saturated rings. The Bertz CT molecular complexity index is 493. The summed E-state index contributed by atoms with van der Waals surface area (Å²) in [6.45, 7) is 5.24. The highest BCUT2D eigenvalue weighted by molar-refractivity contribution is 14.1. The van der Waals surface area contributed by atoms with E-state index in [4.69, 9.17) is 11.6 Å². The number of hydrogen-bond acceptors (Lipinski definition) is 2. The molecule has 0 aliphatic carbocycles. The number of fused-ring (bicyclic) bond motifs is 1. The van der Waals surface area contributed by atoms with Crippen molar-refractivity contribution in [1.82, 2.24) is 14.8 Å². The van der Waals surface area contributed by atoms with E-state index >= 15 is 0 Å². The van der Waals surface area contributed by atoms with Crippen LogP contribution in [0.3, 0.4) is 0 Å². The van der Waals surface area contributed by atoms with Crippen molar-refractivity contribution in [3.63, 3.8) is 0 Å². The van der Waals surface area contributed by atoms with E-state index in [1.54, 1.807) is 6.20 Å². The number of rotatable bonds is 2. The number of nitrogens with zero attached hydrogens (tertiary/aromatic N) is 3.